The maximum absolute atomic E-state index is 12.1. The van der Waals surface area contributed by atoms with E-state index in [4.69, 9.17) is 11.6 Å². The van der Waals surface area contributed by atoms with Gasteiger partial charge in [0, 0.05) is 36.6 Å². The van der Waals surface area contributed by atoms with Gasteiger partial charge in [-0.05, 0) is 17.7 Å². The Bertz CT molecular complexity index is 790. The number of rotatable bonds is 4. The fourth-order valence-corrected chi connectivity index (χ4v) is 2.28. The van der Waals surface area contributed by atoms with Crippen molar-refractivity contribution in [2.75, 3.05) is 0 Å². The Labute approximate surface area is 132 Å². The summed E-state index contributed by atoms with van der Waals surface area (Å²) in [6, 6.07) is 7.43. The average Bonchev–Trinajstić information content (AvgIpc) is 3.14. The molecule has 0 fully saturated rings. The summed E-state index contributed by atoms with van der Waals surface area (Å²) >= 11 is 5.90. The largest absolute Gasteiger partial charge is 0.345 e. The van der Waals surface area contributed by atoms with Crippen molar-refractivity contribution in [2.45, 2.75) is 6.54 Å². The highest BCUT2D eigenvalue weighted by Gasteiger charge is 2.13. The van der Waals surface area contributed by atoms with E-state index in [0.29, 0.717) is 17.4 Å². The molecule has 0 atom stereocenters. The summed E-state index contributed by atoms with van der Waals surface area (Å²) in [5.41, 5.74) is 2.71. The number of aromatic amines is 1. The van der Waals surface area contributed by atoms with Crippen LogP contribution in [0.4, 0.5) is 0 Å². The van der Waals surface area contributed by atoms with Crippen molar-refractivity contribution in [2.24, 2.45) is 7.05 Å². The molecule has 0 saturated heterocycles. The monoisotopic (exact) mass is 315 g/mol. The van der Waals surface area contributed by atoms with E-state index in [1.807, 2.05) is 24.3 Å². The molecule has 0 saturated carbocycles. The second kappa shape index (κ2) is 6.03. The Morgan fingerprint density at radius 3 is 2.82 bits per heavy atom. The number of aryl methyl sites for hydroxylation is 1. The van der Waals surface area contributed by atoms with Crippen LogP contribution in [0.5, 0.6) is 0 Å². The van der Waals surface area contributed by atoms with E-state index in [1.165, 1.54) is 0 Å². The molecule has 22 heavy (non-hydrogen) atoms. The van der Waals surface area contributed by atoms with Gasteiger partial charge in [-0.3, -0.25) is 9.89 Å². The molecule has 1 aromatic carbocycles. The van der Waals surface area contributed by atoms with Crippen LogP contribution in [0.1, 0.15) is 16.2 Å². The molecule has 7 heteroatoms. The van der Waals surface area contributed by atoms with E-state index >= 15 is 0 Å². The zero-order valence-corrected chi connectivity index (χ0v) is 12.6. The van der Waals surface area contributed by atoms with Crippen molar-refractivity contribution in [3.8, 4) is 11.3 Å². The van der Waals surface area contributed by atoms with Crippen molar-refractivity contribution in [3.05, 3.63) is 59.3 Å². The molecular formula is C15H14ClN5O. The zero-order chi connectivity index (χ0) is 15.5. The van der Waals surface area contributed by atoms with Gasteiger partial charge in [-0.15, -0.1) is 0 Å². The third-order valence-electron chi connectivity index (χ3n) is 3.31. The van der Waals surface area contributed by atoms with E-state index in [2.05, 4.69) is 20.5 Å². The quantitative estimate of drug-likeness (QED) is 0.776. The second-order valence-electron chi connectivity index (χ2n) is 4.82. The maximum atomic E-state index is 12.1. The molecule has 1 amide bonds. The summed E-state index contributed by atoms with van der Waals surface area (Å²) in [4.78, 5) is 16.1. The molecule has 0 radical (unpaired) electrons. The fourth-order valence-electron chi connectivity index (χ4n) is 2.15. The minimum absolute atomic E-state index is 0.226. The Morgan fingerprint density at radius 1 is 1.36 bits per heavy atom. The van der Waals surface area contributed by atoms with Crippen molar-refractivity contribution < 1.29 is 4.79 Å². The van der Waals surface area contributed by atoms with Gasteiger partial charge in [0.25, 0.3) is 5.91 Å². The van der Waals surface area contributed by atoms with Crippen molar-refractivity contribution in [1.29, 1.82) is 0 Å². The Hall–Kier alpha value is -2.60. The predicted molar refractivity (Wildman–Crippen MR) is 83.4 cm³/mol. The van der Waals surface area contributed by atoms with Crippen LogP contribution in [0.15, 0.2) is 42.9 Å². The number of carbonyl (C=O) groups is 1. The normalized spacial score (nSPS) is 10.6. The number of hydrogen-bond acceptors (Lipinski definition) is 3. The number of aromatic nitrogens is 4. The zero-order valence-electron chi connectivity index (χ0n) is 11.9. The smallest absolute Gasteiger partial charge is 0.287 e. The summed E-state index contributed by atoms with van der Waals surface area (Å²) in [7, 11) is 1.78. The van der Waals surface area contributed by atoms with Crippen molar-refractivity contribution in [1.82, 2.24) is 25.1 Å². The summed E-state index contributed by atoms with van der Waals surface area (Å²) < 4.78 is 1.67. The SMILES string of the molecule is Cn1ccnc1C(=O)NCc1cn[nH]c1-c1ccc(Cl)cc1. The van der Waals surface area contributed by atoms with Crippen LogP contribution in [0.25, 0.3) is 11.3 Å². The molecule has 0 aliphatic carbocycles. The molecule has 2 N–H and O–H groups in total. The molecule has 112 valence electrons. The summed E-state index contributed by atoms with van der Waals surface area (Å²) in [5.74, 6) is 0.146. The molecule has 3 rings (SSSR count). The number of nitrogens with one attached hydrogen (secondary N) is 2. The summed E-state index contributed by atoms with van der Waals surface area (Å²) in [5, 5.41) is 10.5. The van der Waals surface area contributed by atoms with Gasteiger partial charge in [-0.2, -0.15) is 5.10 Å². The minimum Gasteiger partial charge on any atom is -0.345 e. The van der Waals surface area contributed by atoms with Crippen LogP contribution >= 0.6 is 11.6 Å². The number of imidazole rings is 1. The van der Waals surface area contributed by atoms with Gasteiger partial charge in [0.05, 0.1) is 11.9 Å². The summed E-state index contributed by atoms with van der Waals surface area (Å²) in [6.45, 7) is 0.361. The summed E-state index contributed by atoms with van der Waals surface area (Å²) in [6.07, 6.45) is 5.01. The molecule has 2 aromatic heterocycles. The van der Waals surface area contributed by atoms with Gasteiger partial charge >= 0.3 is 0 Å². The van der Waals surface area contributed by atoms with Crippen molar-refractivity contribution in [3.63, 3.8) is 0 Å². The number of carbonyl (C=O) groups excluding carboxylic acids is 1. The highest BCUT2D eigenvalue weighted by atomic mass is 35.5. The van der Waals surface area contributed by atoms with Crippen LogP contribution in [-0.4, -0.2) is 25.7 Å². The standard InChI is InChI=1S/C15H14ClN5O/c1-21-7-6-17-14(21)15(22)18-8-11-9-19-20-13(11)10-2-4-12(16)5-3-10/h2-7,9H,8H2,1H3,(H,18,22)(H,19,20). The Balaban J connectivity index is 1.74. The van der Waals surface area contributed by atoms with Gasteiger partial charge in [-0.25, -0.2) is 4.98 Å². The highest BCUT2D eigenvalue weighted by Crippen LogP contribution is 2.22. The Morgan fingerprint density at radius 2 is 2.14 bits per heavy atom. The molecule has 0 unspecified atom stereocenters. The first-order valence-corrected chi connectivity index (χ1v) is 7.06. The lowest BCUT2D eigenvalue weighted by molar-refractivity contribution is 0.0937. The van der Waals surface area contributed by atoms with Gasteiger partial charge in [-0.1, -0.05) is 23.7 Å². The van der Waals surface area contributed by atoms with E-state index in [-0.39, 0.29) is 5.91 Å². The van der Waals surface area contributed by atoms with E-state index in [0.717, 1.165) is 16.8 Å². The molecule has 3 aromatic rings. The topological polar surface area (TPSA) is 75.6 Å². The average molecular weight is 316 g/mol. The predicted octanol–water partition coefficient (Wildman–Crippen LogP) is 2.39. The van der Waals surface area contributed by atoms with E-state index < -0.39 is 0 Å². The number of benzene rings is 1. The number of nitrogens with zero attached hydrogens (tertiary/aromatic N) is 3. The van der Waals surface area contributed by atoms with Gasteiger partial charge in [0.1, 0.15) is 0 Å². The third-order valence-corrected chi connectivity index (χ3v) is 3.57. The molecule has 2 heterocycles. The number of amides is 1. The molecule has 0 spiro atoms. The van der Waals surface area contributed by atoms with Crippen LogP contribution in [0, 0.1) is 0 Å². The minimum atomic E-state index is -0.226. The van der Waals surface area contributed by atoms with E-state index in [1.54, 1.807) is 30.2 Å². The lowest BCUT2D eigenvalue weighted by Crippen LogP contribution is -2.25. The lowest BCUT2D eigenvalue weighted by atomic mass is 10.1. The van der Waals surface area contributed by atoms with Gasteiger partial charge in [0.15, 0.2) is 5.82 Å². The Kier molecular flexibility index (Phi) is 3.93. The molecule has 0 aliphatic rings. The highest BCUT2D eigenvalue weighted by molar-refractivity contribution is 6.30. The number of H-pyrrole nitrogens is 1. The van der Waals surface area contributed by atoms with Crippen LogP contribution in [0.3, 0.4) is 0 Å². The van der Waals surface area contributed by atoms with E-state index in [9.17, 15) is 4.79 Å². The number of halogens is 1. The molecular weight excluding hydrogens is 302 g/mol. The first-order chi connectivity index (χ1) is 10.6. The van der Waals surface area contributed by atoms with Crippen LogP contribution in [0.2, 0.25) is 5.02 Å². The third kappa shape index (κ3) is 2.87. The first-order valence-electron chi connectivity index (χ1n) is 6.69. The van der Waals surface area contributed by atoms with Gasteiger partial charge < -0.3 is 9.88 Å². The van der Waals surface area contributed by atoms with Crippen LogP contribution in [-0.2, 0) is 13.6 Å². The fraction of sp³-hybridized carbons (Fsp3) is 0.133. The molecule has 6 nitrogen and oxygen atoms in total. The van der Waals surface area contributed by atoms with Gasteiger partial charge in [0.2, 0.25) is 0 Å². The van der Waals surface area contributed by atoms with Crippen LogP contribution < -0.4 is 5.32 Å². The van der Waals surface area contributed by atoms with Crippen molar-refractivity contribution >= 4 is 17.5 Å². The second-order valence-corrected chi connectivity index (χ2v) is 5.26. The molecule has 0 bridgehead atoms. The first kappa shape index (κ1) is 14.3. The number of hydrogen-bond donors (Lipinski definition) is 2. The maximum Gasteiger partial charge on any atom is 0.287 e. The lowest BCUT2D eigenvalue weighted by Gasteiger charge is -2.06. The molecule has 0 aliphatic heterocycles.